The lowest BCUT2D eigenvalue weighted by Crippen LogP contribution is -2.33. The predicted molar refractivity (Wildman–Crippen MR) is 67.8 cm³/mol. The number of benzene rings is 1. The highest BCUT2D eigenvalue weighted by atomic mass is 16.3. The van der Waals surface area contributed by atoms with Crippen LogP contribution in [0.25, 0.3) is 5.69 Å². The number of tetrazole rings is 1. The average molecular weight is 261 g/mol. The largest absolute Gasteiger partial charge is 0.396 e. The molecule has 0 spiro atoms. The van der Waals surface area contributed by atoms with E-state index in [4.69, 9.17) is 5.11 Å². The van der Waals surface area contributed by atoms with Crippen LogP contribution in [0.15, 0.2) is 30.6 Å². The molecule has 19 heavy (non-hydrogen) atoms. The highest BCUT2D eigenvalue weighted by Gasteiger charge is 2.10. The van der Waals surface area contributed by atoms with Crippen LogP contribution >= 0.6 is 0 Å². The van der Waals surface area contributed by atoms with Gasteiger partial charge in [0, 0.05) is 18.2 Å². The number of carbonyl (C=O) groups excluding carboxylic acids is 1. The minimum atomic E-state index is -0.184. The molecule has 0 saturated heterocycles. The van der Waals surface area contributed by atoms with E-state index in [1.807, 2.05) is 13.0 Å². The van der Waals surface area contributed by atoms with Gasteiger partial charge in [-0.05, 0) is 42.0 Å². The average Bonchev–Trinajstić information content (AvgIpc) is 2.93. The summed E-state index contributed by atoms with van der Waals surface area (Å²) in [4.78, 5) is 12.0. The molecule has 7 nitrogen and oxygen atoms in total. The lowest BCUT2D eigenvalue weighted by Gasteiger charge is -2.12. The lowest BCUT2D eigenvalue weighted by atomic mass is 10.1. The van der Waals surface area contributed by atoms with Gasteiger partial charge in [0.25, 0.3) is 5.91 Å². The molecule has 0 aliphatic heterocycles. The van der Waals surface area contributed by atoms with Crippen LogP contribution in [0.2, 0.25) is 0 Å². The summed E-state index contributed by atoms with van der Waals surface area (Å²) in [7, 11) is 0. The molecule has 1 unspecified atom stereocenters. The van der Waals surface area contributed by atoms with Crippen LogP contribution in [-0.4, -0.2) is 43.9 Å². The van der Waals surface area contributed by atoms with Crippen LogP contribution in [-0.2, 0) is 0 Å². The van der Waals surface area contributed by atoms with Crippen molar-refractivity contribution in [3.05, 3.63) is 36.2 Å². The maximum absolute atomic E-state index is 12.0. The van der Waals surface area contributed by atoms with Crippen LogP contribution in [0, 0.1) is 0 Å². The van der Waals surface area contributed by atoms with E-state index < -0.39 is 0 Å². The molecule has 0 fully saturated rings. The second-order valence-corrected chi connectivity index (χ2v) is 4.19. The summed E-state index contributed by atoms with van der Waals surface area (Å²) in [5, 5.41) is 22.5. The van der Waals surface area contributed by atoms with Gasteiger partial charge >= 0.3 is 0 Å². The molecule has 100 valence electrons. The minimum Gasteiger partial charge on any atom is -0.396 e. The van der Waals surface area contributed by atoms with Crippen LogP contribution in [0.5, 0.6) is 0 Å². The van der Waals surface area contributed by atoms with Gasteiger partial charge in [0.15, 0.2) is 0 Å². The van der Waals surface area contributed by atoms with Crippen molar-refractivity contribution in [2.45, 2.75) is 19.4 Å². The molecule has 0 radical (unpaired) electrons. The molecule has 1 amide bonds. The van der Waals surface area contributed by atoms with E-state index in [1.54, 1.807) is 18.2 Å². The molecule has 0 bridgehead atoms. The summed E-state index contributed by atoms with van der Waals surface area (Å²) < 4.78 is 1.48. The molecule has 0 saturated carbocycles. The van der Waals surface area contributed by atoms with Crippen molar-refractivity contribution in [3.63, 3.8) is 0 Å². The van der Waals surface area contributed by atoms with E-state index in [2.05, 4.69) is 20.8 Å². The monoisotopic (exact) mass is 261 g/mol. The fraction of sp³-hybridized carbons (Fsp3) is 0.333. The van der Waals surface area contributed by atoms with E-state index in [9.17, 15) is 4.79 Å². The first-order chi connectivity index (χ1) is 9.20. The van der Waals surface area contributed by atoms with Gasteiger partial charge in [0.05, 0.1) is 5.69 Å². The van der Waals surface area contributed by atoms with Gasteiger partial charge < -0.3 is 10.4 Å². The number of amides is 1. The second-order valence-electron chi connectivity index (χ2n) is 4.19. The smallest absolute Gasteiger partial charge is 0.251 e. The van der Waals surface area contributed by atoms with E-state index >= 15 is 0 Å². The topological polar surface area (TPSA) is 92.9 Å². The van der Waals surface area contributed by atoms with Gasteiger partial charge in [0.2, 0.25) is 0 Å². The molecular formula is C12H15N5O2. The molecule has 0 aliphatic rings. The number of hydrogen-bond acceptors (Lipinski definition) is 5. The predicted octanol–water partition coefficient (Wildman–Crippen LogP) is 0.163. The standard InChI is InChI=1S/C12H15N5O2/c1-9(5-6-18)14-12(19)10-3-2-4-11(7-10)17-8-13-15-16-17/h2-4,7-9,18H,5-6H2,1H3,(H,14,19). The molecule has 2 N–H and O–H groups in total. The molecule has 1 aromatic carbocycles. The number of nitrogens with one attached hydrogen (secondary N) is 1. The summed E-state index contributed by atoms with van der Waals surface area (Å²) in [6.07, 6.45) is 1.99. The Bertz CT molecular complexity index is 541. The summed E-state index contributed by atoms with van der Waals surface area (Å²) in [5.41, 5.74) is 1.24. The van der Waals surface area contributed by atoms with Crippen molar-refractivity contribution in [2.24, 2.45) is 0 Å². The molecule has 1 atom stereocenters. The van der Waals surface area contributed by atoms with Gasteiger partial charge in [0.1, 0.15) is 6.33 Å². The normalized spacial score (nSPS) is 12.1. The summed E-state index contributed by atoms with van der Waals surface area (Å²) in [5.74, 6) is -0.184. The van der Waals surface area contributed by atoms with Crippen molar-refractivity contribution in [1.82, 2.24) is 25.5 Å². The van der Waals surface area contributed by atoms with Crippen molar-refractivity contribution in [3.8, 4) is 5.69 Å². The molecular weight excluding hydrogens is 246 g/mol. The number of hydrogen-bond donors (Lipinski definition) is 2. The molecule has 0 aliphatic carbocycles. The zero-order valence-corrected chi connectivity index (χ0v) is 10.5. The Kier molecular flexibility index (Phi) is 4.19. The third kappa shape index (κ3) is 3.35. The Balaban J connectivity index is 2.12. The van der Waals surface area contributed by atoms with Gasteiger partial charge in [-0.3, -0.25) is 4.79 Å². The van der Waals surface area contributed by atoms with Crippen LogP contribution < -0.4 is 5.32 Å². The van der Waals surface area contributed by atoms with Gasteiger partial charge in [-0.2, -0.15) is 0 Å². The highest BCUT2D eigenvalue weighted by molar-refractivity contribution is 5.94. The zero-order chi connectivity index (χ0) is 13.7. The first kappa shape index (κ1) is 13.2. The van der Waals surface area contributed by atoms with E-state index in [1.165, 1.54) is 11.0 Å². The molecule has 2 aromatic rings. The quantitative estimate of drug-likeness (QED) is 0.800. The summed E-state index contributed by atoms with van der Waals surface area (Å²) in [6.45, 7) is 1.89. The SMILES string of the molecule is CC(CCO)NC(=O)c1cccc(-n2cnnn2)c1. The second kappa shape index (κ2) is 6.05. The number of aromatic nitrogens is 4. The van der Waals surface area contributed by atoms with Crippen molar-refractivity contribution in [2.75, 3.05) is 6.61 Å². The summed E-state index contributed by atoms with van der Waals surface area (Å²) in [6, 6.07) is 6.92. The highest BCUT2D eigenvalue weighted by Crippen LogP contribution is 2.09. The number of nitrogens with zero attached hydrogens (tertiary/aromatic N) is 4. The molecule has 1 aromatic heterocycles. The van der Waals surface area contributed by atoms with Gasteiger partial charge in [-0.1, -0.05) is 6.07 Å². The van der Waals surface area contributed by atoms with Crippen molar-refractivity contribution < 1.29 is 9.90 Å². The number of rotatable bonds is 5. The Morgan fingerprint density at radius 1 is 1.53 bits per heavy atom. The maximum Gasteiger partial charge on any atom is 0.251 e. The Labute approximate surface area is 110 Å². The fourth-order valence-corrected chi connectivity index (χ4v) is 1.64. The molecule has 7 heteroatoms. The van der Waals surface area contributed by atoms with E-state index in [0.717, 1.165) is 0 Å². The Morgan fingerprint density at radius 3 is 3.05 bits per heavy atom. The maximum atomic E-state index is 12.0. The molecule has 1 heterocycles. The fourth-order valence-electron chi connectivity index (χ4n) is 1.64. The Hall–Kier alpha value is -2.28. The van der Waals surface area contributed by atoms with E-state index in [-0.39, 0.29) is 18.6 Å². The Morgan fingerprint density at radius 2 is 2.37 bits per heavy atom. The lowest BCUT2D eigenvalue weighted by molar-refractivity contribution is 0.0934. The third-order valence-corrected chi connectivity index (χ3v) is 2.66. The number of carbonyl (C=O) groups is 1. The van der Waals surface area contributed by atoms with Crippen molar-refractivity contribution >= 4 is 5.91 Å². The van der Waals surface area contributed by atoms with Crippen LogP contribution in [0.4, 0.5) is 0 Å². The number of aliphatic hydroxyl groups excluding tert-OH is 1. The first-order valence-electron chi connectivity index (χ1n) is 5.96. The molecule has 2 rings (SSSR count). The third-order valence-electron chi connectivity index (χ3n) is 2.66. The summed E-state index contributed by atoms with van der Waals surface area (Å²) >= 11 is 0. The number of aliphatic hydroxyl groups is 1. The van der Waals surface area contributed by atoms with Gasteiger partial charge in [-0.15, -0.1) is 5.10 Å². The van der Waals surface area contributed by atoms with Gasteiger partial charge in [-0.25, -0.2) is 4.68 Å². The first-order valence-corrected chi connectivity index (χ1v) is 5.96. The van der Waals surface area contributed by atoms with E-state index in [0.29, 0.717) is 17.7 Å². The zero-order valence-electron chi connectivity index (χ0n) is 10.5. The van der Waals surface area contributed by atoms with Crippen LogP contribution in [0.3, 0.4) is 0 Å². The minimum absolute atomic E-state index is 0.0477. The van der Waals surface area contributed by atoms with Crippen molar-refractivity contribution in [1.29, 1.82) is 0 Å². The van der Waals surface area contributed by atoms with Crippen LogP contribution in [0.1, 0.15) is 23.7 Å².